The molecular weight excluding hydrogens is 176 g/mol. The maximum atomic E-state index is 10.8. The number of pyridine rings is 1. The summed E-state index contributed by atoms with van der Waals surface area (Å²) in [4.78, 5) is 14.7. The maximum Gasteiger partial charge on any atom is 0.306 e. The van der Waals surface area contributed by atoms with Crippen molar-refractivity contribution in [1.82, 2.24) is 4.98 Å². The van der Waals surface area contributed by atoms with Gasteiger partial charge >= 0.3 is 5.97 Å². The van der Waals surface area contributed by atoms with E-state index in [0.717, 1.165) is 5.56 Å². The molecule has 1 aromatic rings. The zero-order valence-electron chi connectivity index (χ0n) is 7.42. The molecule has 1 aromatic heterocycles. The Balaban J connectivity index is 2.28. The Morgan fingerprint density at radius 1 is 1.57 bits per heavy atom. The summed E-state index contributed by atoms with van der Waals surface area (Å²) in [5.74, 6) is -1.98. The first-order valence-electron chi connectivity index (χ1n) is 4.25. The van der Waals surface area contributed by atoms with Crippen LogP contribution >= 0.6 is 0 Å². The topological polar surface area (TPSA) is 50.2 Å². The predicted octanol–water partition coefficient (Wildman–Crippen LogP) is 0.333. The number of rotatable bonds is 2. The number of aromatic nitrogens is 1. The number of carboxylic acid groups (broad SMARTS) is 1. The Bertz CT molecular complexity index is 366. The Kier molecular flexibility index (Phi) is 1.91. The molecule has 1 saturated carbocycles. The van der Waals surface area contributed by atoms with Gasteiger partial charge in [0, 0.05) is 12.4 Å². The number of nitrogens with zero attached hydrogens (tertiary/aromatic N) is 1. The van der Waals surface area contributed by atoms with E-state index in [4.69, 9.17) is 20.8 Å². The van der Waals surface area contributed by atoms with Crippen LogP contribution in [-0.4, -0.2) is 31.8 Å². The SMILES string of the molecule is [B]C1([B])C(C(=O)O)C1c1cccnc1. The summed E-state index contributed by atoms with van der Waals surface area (Å²) in [5.41, 5.74) is 0.782. The van der Waals surface area contributed by atoms with Crippen molar-refractivity contribution in [2.75, 3.05) is 0 Å². The van der Waals surface area contributed by atoms with Gasteiger partial charge in [0.1, 0.15) is 0 Å². The van der Waals surface area contributed by atoms with E-state index >= 15 is 0 Å². The minimum Gasteiger partial charge on any atom is -0.481 e. The first kappa shape index (κ1) is 9.31. The fraction of sp³-hybridized carbons (Fsp3) is 0.333. The normalized spacial score (nSPS) is 28.3. The lowest BCUT2D eigenvalue weighted by Gasteiger charge is -2.01. The van der Waals surface area contributed by atoms with E-state index in [1.165, 1.54) is 0 Å². The summed E-state index contributed by atoms with van der Waals surface area (Å²) in [6.45, 7) is 0. The fourth-order valence-corrected chi connectivity index (χ4v) is 1.82. The minimum atomic E-state index is -1.13. The van der Waals surface area contributed by atoms with Crippen LogP contribution in [0.4, 0.5) is 0 Å². The van der Waals surface area contributed by atoms with Crippen LogP contribution in [-0.2, 0) is 4.79 Å². The minimum absolute atomic E-state index is 0.325. The van der Waals surface area contributed by atoms with Crippen molar-refractivity contribution in [3.8, 4) is 0 Å². The summed E-state index contributed by atoms with van der Waals surface area (Å²) in [5, 5.41) is 7.71. The van der Waals surface area contributed by atoms with Crippen LogP contribution in [0.3, 0.4) is 0 Å². The largest absolute Gasteiger partial charge is 0.481 e. The summed E-state index contributed by atoms with van der Waals surface area (Å²) < 4.78 is 0. The van der Waals surface area contributed by atoms with E-state index in [1.54, 1.807) is 24.5 Å². The average molecular weight is 183 g/mol. The summed E-state index contributed by atoms with van der Waals surface area (Å²) in [6.07, 6.45) is 3.22. The van der Waals surface area contributed by atoms with Gasteiger partial charge in [-0.2, -0.15) is 0 Å². The smallest absolute Gasteiger partial charge is 0.306 e. The molecular formula is C9H7B2NO2. The number of aliphatic carboxylic acids is 1. The summed E-state index contributed by atoms with van der Waals surface area (Å²) in [7, 11) is 11.3. The zero-order valence-corrected chi connectivity index (χ0v) is 7.42. The van der Waals surface area contributed by atoms with Crippen LogP contribution < -0.4 is 0 Å². The van der Waals surface area contributed by atoms with Crippen LogP contribution in [0, 0.1) is 5.92 Å². The van der Waals surface area contributed by atoms with Gasteiger partial charge in [0.15, 0.2) is 0 Å². The zero-order chi connectivity index (χ0) is 10.3. The van der Waals surface area contributed by atoms with Gasteiger partial charge in [0.05, 0.1) is 21.6 Å². The summed E-state index contributed by atoms with van der Waals surface area (Å²) in [6, 6.07) is 3.53. The molecule has 2 rings (SSSR count). The maximum absolute atomic E-state index is 10.8. The first-order chi connectivity index (χ1) is 6.55. The molecule has 14 heavy (non-hydrogen) atoms. The van der Waals surface area contributed by atoms with Crippen molar-refractivity contribution in [3.63, 3.8) is 0 Å². The Labute approximate surface area is 84.4 Å². The lowest BCUT2D eigenvalue weighted by molar-refractivity contribution is -0.138. The molecule has 1 fully saturated rings. The Morgan fingerprint density at radius 2 is 2.29 bits per heavy atom. The Hall–Kier alpha value is -1.25. The van der Waals surface area contributed by atoms with Crippen molar-refractivity contribution in [1.29, 1.82) is 0 Å². The molecule has 1 N–H and O–H groups in total. The van der Waals surface area contributed by atoms with E-state index in [-0.39, 0.29) is 5.92 Å². The van der Waals surface area contributed by atoms with Crippen molar-refractivity contribution in [2.24, 2.45) is 5.92 Å². The Morgan fingerprint density at radius 3 is 2.71 bits per heavy atom. The third kappa shape index (κ3) is 1.24. The highest BCUT2D eigenvalue weighted by Gasteiger charge is 2.61. The van der Waals surface area contributed by atoms with Gasteiger partial charge in [0.2, 0.25) is 0 Å². The van der Waals surface area contributed by atoms with Crippen molar-refractivity contribution < 1.29 is 9.90 Å². The van der Waals surface area contributed by atoms with Gasteiger partial charge < -0.3 is 5.11 Å². The second-order valence-electron chi connectivity index (χ2n) is 3.58. The average Bonchev–Trinajstić information content (AvgIpc) is 2.71. The molecule has 1 aliphatic carbocycles. The molecule has 5 heteroatoms. The van der Waals surface area contributed by atoms with Crippen molar-refractivity contribution in [2.45, 2.75) is 11.1 Å². The number of hydrogen-bond acceptors (Lipinski definition) is 2. The molecule has 0 saturated heterocycles. The third-order valence-electron chi connectivity index (χ3n) is 2.61. The molecule has 2 unspecified atom stereocenters. The molecule has 0 aliphatic heterocycles. The molecule has 0 aromatic carbocycles. The van der Waals surface area contributed by atoms with Crippen LogP contribution in [0.25, 0.3) is 0 Å². The fourth-order valence-electron chi connectivity index (χ4n) is 1.82. The highest BCUT2D eigenvalue weighted by Crippen LogP contribution is 2.66. The molecule has 2 atom stereocenters. The molecule has 0 amide bonds. The number of carbonyl (C=O) groups is 1. The van der Waals surface area contributed by atoms with Crippen LogP contribution in [0.15, 0.2) is 24.5 Å². The van der Waals surface area contributed by atoms with Gasteiger partial charge in [-0.25, -0.2) is 0 Å². The molecule has 1 aliphatic rings. The standard InChI is InChI=1S/C9H7B2NO2/c10-9(11)6(7(9)8(13)14)5-2-1-3-12-4-5/h1-4,6-7H,(H,13,14). The van der Waals surface area contributed by atoms with Gasteiger partial charge in [-0.3, -0.25) is 9.78 Å². The van der Waals surface area contributed by atoms with Crippen LogP contribution in [0.2, 0.25) is 5.21 Å². The third-order valence-corrected chi connectivity index (χ3v) is 2.61. The molecule has 0 bridgehead atoms. The van der Waals surface area contributed by atoms with E-state index in [2.05, 4.69) is 4.98 Å². The highest BCUT2D eigenvalue weighted by molar-refractivity contribution is 6.45. The van der Waals surface area contributed by atoms with E-state index in [9.17, 15) is 4.79 Å². The van der Waals surface area contributed by atoms with E-state index in [0.29, 0.717) is 0 Å². The first-order valence-corrected chi connectivity index (χ1v) is 4.25. The monoisotopic (exact) mass is 183 g/mol. The van der Waals surface area contributed by atoms with Gasteiger partial charge in [0.25, 0.3) is 0 Å². The number of carboxylic acids is 1. The second kappa shape index (κ2) is 2.87. The van der Waals surface area contributed by atoms with Crippen molar-refractivity contribution >= 4 is 21.7 Å². The van der Waals surface area contributed by atoms with E-state index < -0.39 is 17.1 Å². The van der Waals surface area contributed by atoms with Crippen molar-refractivity contribution in [3.05, 3.63) is 30.1 Å². The lowest BCUT2D eigenvalue weighted by Crippen LogP contribution is -2.04. The lowest BCUT2D eigenvalue weighted by atomic mass is 9.63. The molecule has 3 nitrogen and oxygen atoms in total. The van der Waals surface area contributed by atoms with Crippen LogP contribution in [0.5, 0.6) is 0 Å². The summed E-state index contributed by atoms with van der Waals surface area (Å²) >= 11 is 0. The molecule has 0 spiro atoms. The second-order valence-corrected chi connectivity index (χ2v) is 3.58. The molecule has 1 heterocycles. The predicted molar refractivity (Wildman–Crippen MR) is 52.3 cm³/mol. The quantitative estimate of drug-likeness (QED) is 0.672. The van der Waals surface area contributed by atoms with Gasteiger partial charge in [-0.15, -0.1) is 0 Å². The van der Waals surface area contributed by atoms with E-state index in [1.807, 2.05) is 0 Å². The van der Waals surface area contributed by atoms with Gasteiger partial charge in [-0.1, -0.05) is 11.3 Å². The van der Waals surface area contributed by atoms with Gasteiger partial charge in [-0.05, 0) is 17.5 Å². The molecule has 66 valence electrons. The molecule has 4 radical (unpaired) electrons. The van der Waals surface area contributed by atoms with Crippen LogP contribution in [0.1, 0.15) is 11.5 Å². The highest BCUT2D eigenvalue weighted by atomic mass is 16.4. The number of hydrogen-bond donors (Lipinski definition) is 1.